The van der Waals surface area contributed by atoms with Crippen LogP contribution < -0.4 is 11.1 Å². The molecule has 112 valence electrons. The first kappa shape index (κ1) is 16.7. The highest BCUT2D eigenvalue weighted by Gasteiger charge is 2.22. The molecule has 0 bridgehead atoms. The second kappa shape index (κ2) is 8.05. The van der Waals surface area contributed by atoms with Crippen LogP contribution in [0.5, 0.6) is 0 Å². The Hall–Kier alpha value is -1.35. The van der Waals surface area contributed by atoms with Crippen LogP contribution in [0.4, 0.5) is 0 Å². The highest BCUT2D eigenvalue weighted by molar-refractivity contribution is 5.73. The molecular weight excluding hydrogens is 248 g/mol. The molecule has 0 aromatic heterocycles. The predicted molar refractivity (Wildman–Crippen MR) is 84.6 cm³/mol. The molecule has 20 heavy (non-hydrogen) atoms. The van der Waals surface area contributed by atoms with Crippen LogP contribution in [0.15, 0.2) is 30.3 Å². The van der Waals surface area contributed by atoms with Crippen molar-refractivity contribution in [3.63, 3.8) is 0 Å². The molecule has 0 saturated carbocycles. The van der Waals surface area contributed by atoms with E-state index in [0.717, 1.165) is 25.8 Å². The van der Waals surface area contributed by atoms with E-state index in [1.165, 1.54) is 5.56 Å². The third kappa shape index (κ3) is 6.20. The molecule has 0 fully saturated rings. The van der Waals surface area contributed by atoms with Crippen molar-refractivity contribution in [2.45, 2.75) is 57.9 Å². The third-order valence-electron chi connectivity index (χ3n) is 3.71. The van der Waals surface area contributed by atoms with Gasteiger partial charge in [-0.1, -0.05) is 44.2 Å². The highest BCUT2D eigenvalue weighted by atomic mass is 16.1. The number of nitrogens with two attached hydrogens (primary N) is 1. The number of unbranched alkanes of at least 4 members (excludes halogenated alkanes) is 1. The topological polar surface area (TPSA) is 55.1 Å². The molecule has 1 rings (SSSR count). The number of hydrogen-bond acceptors (Lipinski definition) is 2. The van der Waals surface area contributed by atoms with E-state index < -0.39 is 0 Å². The molecule has 0 aliphatic heterocycles. The van der Waals surface area contributed by atoms with E-state index in [9.17, 15) is 4.79 Å². The molecule has 1 amide bonds. The summed E-state index contributed by atoms with van der Waals surface area (Å²) in [5.41, 5.74) is 6.67. The van der Waals surface area contributed by atoms with Crippen molar-refractivity contribution in [3.05, 3.63) is 35.9 Å². The molecule has 0 aliphatic rings. The summed E-state index contributed by atoms with van der Waals surface area (Å²) < 4.78 is 0. The van der Waals surface area contributed by atoms with Crippen molar-refractivity contribution in [1.82, 2.24) is 5.32 Å². The first-order valence-electron chi connectivity index (χ1n) is 7.49. The maximum absolute atomic E-state index is 10.6. The number of amides is 1. The van der Waals surface area contributed by atoms with E-state index in [2.05, 4.69) is 56.4 Å². The molecule has 3 heteroatoms. The lowest BCUT2D eigenvalue weighted by atomic mass is 9.79. The van der Waals surface area contributed by atoms with E-state index in [1.54, 1.807) is 0 Å². The van der Waals surface area contributed by atoms with Crippen molar-refractivity contribution in [1.29, 1.82) is 0 Å². The summed E-state index contributed by atoms with van der Waals surface area (Å²) in [7, 11) is 0. The van der Waals surface area contributed by atoms with Crippen LogP contribution >= 0.6 is 0 Å². The molecule has 3 nitrogen and oxygen atoms in total. The van der Waals surface area contributed by atoms with Crippen molar-refractivity contribution in [3.8, 4) is 0 Å². The second-order valence-electron chi connectivity index (χ2n) is 6.23. The number of rotatable bonds is 9. The molecule has 0 saturated heterocycles. The number of hydrogen-bond donors (Lipinski definition) is 2. The second-order valence-corrected chi connectivity index (χ2v) is 6.23. The number of carbonyl (C=O) groups is 1. The maximum Gasteiger partial charge on any atom is 0.217 e. The first-order valence-corrected chi connectivity index (χ1v) is 7.49. The van der Waals surface area contributed by atoms with Gasteiger partial charge in [0, 0.05) is 12.5 Å². The molecule has 1 aromatic rings. The Kier molecular flexibility index (Phi) is 6.73. The quantitative estimate of drug-likeness (QED) is 0.681. The van der Waals surface area contributed by atoms with Crippen molar-refractivity contribution >= 4 is 5.91 Å². The molecule has 0 spiro atoms. The van der Waals surface area contributed by atoms with Crippen molar-refractivity contribution in [2.75, 3.05) is 6.54 Å². The zero-order valence-electron chi connectivity index (χ0n) is 13.0. The van der Waals surface area contributed by atoms with Gasteiger partial charge < -0.3 is 11.1 Å². The van der Waals surface area contributed by atoms with Crippen LogP contribution in [0, 0.1) is 0 Å². The molecular formula is C17H28N2O. The van der Waals surface area contributed by atoms with E-state index in [0.29, 0.717) is 12.5 Å². The fourth-order valence-corrected chi connectivity index (χ4v) is 2.62. The van der Waals surface area contributed by atoms with Crippen LogP contribution in [0.3, 0.4) is 0 Å². The molecule has 1 aromatic carbocycles. The van der Waals surface area contributed by atoms with Gasteiger partial charge in [0.15, 0.2) is 0 Å². The Morgan fingerprint density at radius 1 is 1.25 bits per heavy atom. The lowest BCUT2D eigenvalue weighted by molar-refractivity contribution is -0.118. The predicted octanol–water partition coefficient (Wildman–Crippen LogP) is 2.99. The zero-order valence-corrected chi connectivity index (χ0v) is 13.0. The van der Waals surface area contributed by atoms with Gasteiger partial charge in [-0.05, 0) is 43.7 Å². The SMILES string of the molecule is CC(CC(C)(C)c1ccccc1)NCCCCC(N)=O. The van der Waals surface area contributed by atoms with Gasteiger partial charge in [0.25, 0.3) is 0 Å². The lowest BCUT2D eigenvalue weighted by Gasteiger charge is -2.29. The standard InChI is InChI=1S/C17H28N2O/c1-14(19-12-8-7-11-16(18)20)13-17(2,3)15-9-5-4-6-10-15/h4-6,9-10,14,19H,7-8,11-13H2,1-3H3,(H2,18,20). The smallest absolute Gasteiger partial charge is 0.217 e. The van der Waals surface area contributed by atoms with Gasteiger partial charge in [0.1, 0.15) is 0 Å². The number of primary amides is 1. The first-order chi connectivity index (χ1) is 9.42. The van der Waals surface area contributed by atoms with E-state index in [1.807, 2.05) is 0 Å². The van der Waals surface area contributed by atoms with Gasteiger partial charge in [0.05, 0.1) is 0 Å². The van der Waals surface area contributed by atoms with Crippen LogP contribution in [0.2, 0.25) is 0 Å². The number of benzene rings is 1. The zero-order chi connectivity index (χ0) is 15.0. The van der Waals surface area contributed by atoms with Crippen LogP contribution in [0.25, 0.3) is 0 Å². The van der Waals surface area contributed by atoms with E-state index >= 15 is 0 Å². The normalized spacial score (nSPS) is 13.2. The fourth-order valence-electron chi connectivity index (χ4n) is 2.62. The van der Waals surface area contributed by atoms with Gasteiger partial charge in [-0.3, -0.25) is 4.79 Å². The van der Waals surface area contributed by atoms with E-state index in [4.69, 9.17) is 5.73 Å². The monoisotopic (exact) mass is 276 g/mol. The minimum atomic E-state index is -0.205. The lowest BCUT2D eigenvalue weighted by Crippen LogP contribution is -2.33. The average Bonchev–Trinajstić information content (AvgIpc) is 2.38. The summed E-state index contributed by atoms with van der Waals surface area (Å²) in [4.78, 5) is 10.6. The molecule has 0 heterocycles. The van der Waals surface area contributed by atoms with E-state index in [-0.39, 0.29) is 11.3 Å². The third-order valence-corrected chi connectivity index (χ3v) is 3.71. The summed E-state index contributed by atoms with van der Waals surface area (Å²) >= 11 is 0. The van der Waals surface area contributed by atoms with Gasteiger partial charge in [-0.25, -0.2) is 0 Å². The summed E-state index contributed by atoms with van der Waals surface area (Å²) in [5.74, 6) is -0.205. The summed E-state index contributed by atoms with van der Waals surface area (Å²) in [6.45, 7) is 7.74. The van der Waals surface area contributed by atoms with Crippen LogP contribution in [0.1, 0.15) is 52.0 Å². The minimum Gasteiger partial charge on any atom is -0.370 e. The van der Waals surface area contributed by atoms with Gasteiger partial charge >= 0.3 is 0 Å². The Labute approximate surface area is 122 Å². The highest BCUT2D eigenvalue weighted by Crippen LogP contribution is 2.28. The Morgan fingerprint density at radius 2 is 1.90 bits per heavy atom. The fraction of sp³-hybridized carbons (Fsp3) is 0.588. The minimum absolute atomic E-state index is 0.168. The average molecular weight is 276 g/mol. The van der Waals surface area contributed by atoms with Gasteiger partial charge in [0.2, 0.25) is 5.91 Å². The summed E-state index contributed by atoms with van der Waals surface area (Å²) in [6, 6.07) is 11.1. The molecule has 1 unspecified atom stereocenters. The van der Waals surface area contributed by atoms with Crippen molar-refractivity contribution < 1.29 is 4.79 Å². The molecule has 3 N–H and O–H groups in total. The van der Waals surface area contributed by atoms with Crippen molar-refractivity contribution in [2.24, 2.45) is 5.73 Å². The van der Waals surface area contributed by atoms with Gasteiger partial charge in [-0.15, -0.1) is 0 Å². The number of nitrogens with one attached hydrogen (secondary N) is 1. The van der Waals surface area contributed by atoms with Gasteiger partial charge in [-0.2, -0.15) is 0 Å². The van der Waals surface area contributed by atoms with Crippen LogP contribution in [-0.2, 0) is 10.2 Å². The maximum atomic E-state index is 10.6. The largest absolute Gasteiger partial charge is 0.370 e. The summed E-state index contributed by atoms with van der Waals surface area (Å²) in [6.07, 6.45) is 3.45. The molecule has 0 aliphatic carbocycles. The number of carbonyl (C=O) groups excluding carboxylic acids is 1. The molecule has 0 radical (unpaired) electrons. The Bertz CT molecular complexity index is 401. The summed E-state index contributed by atoms with van der Waals surface area (Å²) in [5, 5.41) is 3.53. The Balaban J connectivity index is 2.31. The molecule has 1 atom stereocenters. The Morgan fingerprint density at radius 3 is 2.50 bits per heavy atom. The van der Waals surface area contributed by atoms with Crippen LogP contribution in [-0.4, -0.2) is 18.5 Å².